The van der Waals surface area contributed by atoms with E-state index in [-0.39, 0.29) is 12.5 Å². The highest BCUT2D eigenvalue weighted by Gasteiger charge is 2.26. The maximum atomic E-state index is 12.7. The van der Waals surface area contributed by atoms with Gasteiger partial charge in [0, 0.05) is 31.2 Å². The summed E-state index contributed by atoms with van der Waals surface area (Å²) >= 11 is 1.54. The molecule has 7 nitrogen and oxygen atoms in total. The topological polar surface area (TPSA) is 92.3 Å². The monoisotopic (exact) mass is 388 g/mol. The third-order valence-electron chi connectivity index (χ3n) is 4.41. The number of thiazole rings is 1. The number of aromatic nitrogens is 2. The van der Waals surface area contributed by atoms with Crippen LogP contribution in [0.15, 0.2) is 36.1 Å². The number of carbonyl (C=O) groups excluding carboxylic acids is 1. The zero-order valence-corrected chi connectivity index (χ0v) is 15.6. The molecule has 2 aromatic heterocycles. The molecular formula is C17H16N4O3S2. The number of rotatable bonds is 3. The lowest BCUT2D eigenvalue weighted by Crippen LogP contribution is -2.36. The van der Waals surface area contributed by atoms with Crippen molar-refractivity contribution in [3.05, 3.63) is 52.8 Å². The number of sulfonamides is 1. The van der Waals surface area contributed by atoms with E-state index in [1.54, 1.807) is 23.0 Å². The molecule has 3 heterocycles. The molecule has 1 aliphatic rings. The highest BCUT2D eigenvalue weighted by molar-refractivity contribution is 7.88. The van der Waals surface area contributed by atoms with Crippen LogP contribution in [-0.4, -0.2) is 41.4 Å². The van der Waals surface area contributed by atoms with Gasteiger partial charge in [-0.15, -0.1) is 11.3 Å². The lowest BCUT2D eigenvalue weighted by Gasteiger charge is -2.27. The second-order valence-electron chi connectivity index (χ2n) is 6.16. The van der Waals surface area contributed by atoms with E-state index in [1.807, 2.05) is 18.2 Å². The molecule has 0 spiro atoms. The third-order valence-corrected chi connectivity index (χ3v) is 6.47. The Morgan fingerprint density at radius 2 is 2.15 bits per heavy atom. The van der Waals surface area contributed by atoms with Gasteiger partial charge >= 0.3 is 0 Å². The van der Waals surface area contributed by atoms with Crippen LogP contribution in [0, 0.1) is 0 Å². The largest absolute Gasteiger partial charge is 0.322 e. The van der Waals surface area contributed by atoms with Crippen LogP contribution in [0.25, 0.3) is 10.2 Å². The first-order valence-corrected chi connectivity index (χ1v) is 10.7. The summed E-state index contributed by atoms with van der Waals surface area (Å²) in [6.07, 6.45) is 4.84. The molecule has 1 amide bonds. The standard InChI is InChI=1S/C17H16N4O3S2/c1-26(23,24)21-5-4-13-11(9-21)7-18-8-14(13)17(22)20-12-2-3-16-15(6-12)19-10-25-16/h2-3,6-8,10H,4-5,9H2,1H3,(H,20,22). The van der Waals surface area contributed by atoms with Crippen molar-refractivity contribution in [1.29, 1.82) is 0 Å². The average molecular weight is 388 g/mol. The number of anilines is 1. The Labute approximate surface area is 154 Å². The molecule has 0 fully saturated rings. The Hall–Kier alpha value is -2.36. The minimum Gasteiger partial charge on any atom is -0.322 e. The quantitative estimate of drug-likeness (QED) is 0.743. The van der Waals surface area contributed by atoms with Crippen molar-refractivity contribution in [3.8, 4) is 0 Å². The zero-order chi connectivity index (χ0) is 18.3. The normalized spacial score (nSPS) is 15.0. The van der Waals surface area contributed by atoms with Gasteiger partial charge in [0.05, 0.1) is 27.5 Å². The predicted molar refractivity (Wildman–Crippen MR) is 101 cm³/mol. The van der Waals surface area contributed by atoms with Gasteiger partial charge < -0.3 is 5.32 Å². The first-order valence-electron chi connectivity index (χ1n) is 7.97. The molecule has 0 saturated heterocycles. The number of benzene rings is 1. The van der Waals surface area contributed by atoms with Crippen molar-refractivity contribution < 1.29 is 13.2 Å². The van der Waals surface area contributed by atoms with Gasteiger partial charge in [0.1, 0.15) is 0 Å². The number of nitrogens with zero attached hydrogens (tertiary/aromatic N) is 3. The summed E-state index contributed by atoms with van der Waals surface area (Å²) in [6, 6.07) is 5.59. The lowest BCUT2D eigenvalue weighted by molar-refractivity contribution is 0.102. The van der Waals surface area contributed by atoms with Crippen LogP contribution in [-0.2, 0) is 23.0 Å². The fourth-order valence-corrected chi connectivity index (χ4v) is 4.54. The van der Waals surface area contributed by atoms with Gasteiger partial charge in [0.15, 0.2) is 0 Å². The number of nitrogens with one attached hydrogen (secondary N) is 1. The van der Waals surface area contributed by atoms with E-state index < -0.39 is 10.0 Å². The van der Waals surface area contributed by atoms with Crippen LogP contribution in [0.3, 0.4) is 0 Å². The van der Waals surface area contributed by atoms with Crippen molar-refractivity contribution in [2.45, 2.75) is 13.0 Å². The van der Waals surface area contributed by atoms with Crippen molar-refractivity contribution in [3.63, 3.8) is 0 Å². The lowest BCUT2D eigenvalue weighted by atomic mass is 9.98. The molecule has 3 aromatic rings. The van der Waals surface area contributed by atoms with E-state index in [9.17, 15) is 13.2 Å². The molecule has 1 aromatic carbocycles. The van der Waals surface area contributed by atoms with E-state index in [4.69, 9.17) is 0 Å². The van der Waals surface area contributed by atoms with E-state index in [1.165, 1.54) is 16.8 Å². The van der Waals surface area contributed by atoms with E-state index in [0.29, 0.717) is 24.2 Å². The zero-order valence-electron chi connectivity index (χ0n) is 14.0. The molecule has 134 valence electrons. The fourth-order valence-electron chi connectivity index (χ4n) is 3.08. The number of carbonyl (C=O) groups is 1. The Kier molecular flexibility index (Phi) is 4.22. The maximum absolute atomic E-state index is 12.7. The molecular weight excluding hydrogens is 372 g/mol. The molecule has 0 bridgehead atoms. The Morgan fingerprint density at radius 3 is 2.96 bits per heavy atom. The van der Waals surface area contributed by atoms with E-state index in [0.717, 1.165) is 21.3 Å². The van der Waals surface area contributed by atoms with Gasteiger partial charge in [0.25, 0.3) is 5.91 Å². The van der Waals surface area contributed by atoms with Gasteiger partial charge in [-0.05, 0) is 35.7 Å². The molecule has 1 aliphatic heterocycles. The van der Waals surface area contributed by atoms with Gasteiger partial charge in [-0.1, -0.05) is 0 Å². The van der Waals surface area contributed by atoms with E-state index in [2.05, 4.69) is 15.3 Å². The fraction of sp³-hybridized carbons (Fsp3) is 0.235. The van der Waals surface area contributed by atoms with Gasteiger partial charge in [-0.25, -0.2) is 13.4 Å². The molecule has 0 aliphatic carbocycles. The van der Waals surface area contributed by atoms with E-state index >= 15 is 0 Å². The smallest absolute Gasteiger partial charge is 0.257 e. The van der Waals surface area contributed by atoms with Crippen molar-refractivity contribution in [1.82, 2.24) is 14.3 Å². The molecule has 9 heteroatoms. The van der Waals surface area contributed by atoms with Crippen LogP contribution < -0.4 is 5.32 Å². The number of hydrogen-bond donors (Lipinski definition) is 1. The van der Waals surface area contributed by atoms with Gasteiger partial charge in [-0.2, -0.15) is 4.31 Å². The first kappa shape index (κ1) is 17.1. The molecule has 0 saturated carbocycles. The number of fused-ring (bicyclic) bond motifs is 2. The second kappa shape index (κ2) is 6.42. The summed E-state index contributed by atoms with van der Waals surface area (Å²) in [5.74, 6) is -0.253. The molecule has 26 heavy (non-hydrogen) atoms. The van der Waals surface area contributed by atoms with Crippen LogP contribution in [0.2, 0.25) is 0 Å². The SMILES string of the molecule is CS(=O)(=O)N1CCc2c(cncc2C(=O)Nc2ccc3scnc3c2)C1. The van der Waals surface area contributed by atoms with Crippen LogP contribution >= 0.6 is 11.3 Å². The number of pyridine rings is 1. The molecule has 0 unspecified atom stereocenters. The van der Waals surface area contributed by atoms with Crippen LogP contribution in [0.5, 0.6) is 0 Å². The Bertz CT molecular complexity index is 1110. The predicted octanol–water partition coefficient (Wildman–Crippen LogP) is 2.26. The maximum Gasteiger partial charge on any atom is 0.257 e. The Balaban J connectivity index is 1.61. The molecule has 4 rings (SSSR count). The minimum atomic E-state index is -3.27. The third kappa shape index (κ3) is 3.20. The summed E-state index contributed by atoms with van der Waals surface area (Å²) in [6.45, 7) is 0.605. The Morgan fingerprint density at radius 1 is 1.31 bits per heavy atom. The average Bonchev–Trinajstić information content (AvgIpc) is 3.07. The van der Waals surface area contributed by atoms with Crippen LogP contribution in [0.4, 0.5) is 5.69 Å². The molecule has 0 radical (unpaired) electrons. The minimum absolute atomic E-state index is 0.243. The number of hydrogen-bond acceptors (Lipinski definition) is 6. The highest BCUT2D eigenvalue weighted by atomic mass is 32.2. The summed E-state index contributed by atoms with van der Waals surface area (Å²) in [4.78, 5) is 21.1. The highest BCUT2D eigenvalue weighted by Crippen LogP contribution is 2.25. The second-order valence-corrected chi connectivity index (χ2v) is 9.03. The van der Waals surface area contributed by atoms with Crippen LogP contribution in [0.1, 0.15) is 21.5 Å². The van der Waals surface area contributed by atoms with Gasteiger partial charge in [-0.3, -0.25) is 9.78 Å². The first-order chi connectivity index (χ1) is 12.4. The summed E-state index contributed by atoms with van der Waals surface area (Å²) < 4.78 is 26.0. The molecule has 1 N–H and O–H groups in total. The van der Waals surface area contributed by atoms with Crippen molar-refractivity contribution in [2.75, 3.05) is 18.1 Å². The van der Waals surface area contributed by atoms with Crippen molar-refractivity contribution >= 4 is 43.2 Å². The summed E-state index contributed by atoms with van der Waals surface area (Å²) in [5, 5.41) is 2.89. The number of amides is 1. The molecule has 0 atom stereocenters. The summed E-state index contributed by atoms with van der Waals surface area (Å²) in [5.41, 5.74) is 5.37. The summed E-state index contributed by atoms with van der Waals surface area (Å²) in [7, 11) is -3.27. The van der Waals surface area contributed by atoms with Gasteiger partial charge in [0.2, 0.25) is 10.0 Å². The van der Waals surface area contributed by atoms with Crippen molar-refractivity contribution in [2.24, 2.45) is 0 Å².